The number of nitrogens with one attached hydrogen (secondary N) is 2. The quantitative estimate of drug-likeness (QED) is 0.772. The third-order valence-corrected chi connectivity index (χ3v) is 4.26. The fraction of sp³-hybridized carbons (Fsp3) is 0.333. The second kappa shape index (κ2) is 9.08. The molecule has 0 bridgehead atoms. The van der Waals surface area contributed by atoms with Gasteiger partial charge in [0.15, 0.2) is 0 Å². The molecule has 0 aliphatic carbocycles. The molecule has 1 heterocycles. The summed E-state index contributed by atoms with van der Waals surface area (Å²) in [5.74, 6) is 0.610. The highest BCUT2D eigenvalue weighted by atomic mass is 32.1. The van der Waals surface area contributed by atoms with E-state index in [9.17, 15) is 9.59 Å². The molecule has 2 N–H and O–H groups in total. The van der Waals surface area contributed by atoms with Gasteiger partial charge in [0.1, 0.15) is 5.75 Å². The first-order chi connectivity index (χ1) is 11.6. The number of aryl methyl sites for hydroxylation is 1. The van der Waals surface area contributed by atoms with Gasteiger partial charge in [-0.3, -0.25) is 9.59 Å². The van der Waals surface area contributed by atoms with Crippen molar-refractivity contribution in [2.75, 3.05) is 20.2 Å². The Morgan fingerprint density at radius 1 is 1.17 bits per heavy atom. The molecule has 2 rings (SSSR count). The van der Waals surface area contributed by atoms with E-state index >= 15 is 0 Å². The van der Waals surface area contributed by atoms with Crippen LogP contribution in [0.3, 0.4) is 0 Å². The van der Waals surface area contributed by atoms with Gasteiger partial charge in [-0.25, -0.2) is 0 Å². The Balaban J connectivity index is 1.68. The molecular formula is C18H22N2O3S. The normalized spacial score (nSPS) is 10.2. The van der Waals surface area contributed by atoms with Gasteiger partial charge in [0.05, 0.1) is 7.11 Å². The molecule has 24 heavy (non-hydrogen) atoms. The van der Waals surface area contributed by atoms with Gasteiger partial charge >= 0.3 is 0 Å². The molecule has 2 aromatic rings. The van der Waals surface area contributed by atoms with E-state index in [-0.39, 0.29) is 18.2 Å². The van der Waals surface area contributed by atoms with Crippen molar-refractivity contribution >= 4 is 23.2 Å². The average Bonchev–Trinajstić information content (AvgIpc) is 3.09. The first kappa shape index (κ1) is 18.0. The van der Waals surface area contributed by atoms with Gasteiger partial charge in [-0.1, -0.05) is 17.7 Å². The second-order valence-electron chi connectivity index (χ2n) is 5.43. The lowest BCUT2D eigenvalue weighted by atomic mass is 10.1. The van der Waals surface area contributed by atoms with Crippen LogP contribution in [0.5, 0.6) is 5.75 Å². The predicted molar refractivity (Wildman–Crippen MR) is 95.7 cm³/mol. The largest absolute Gasteiger partial charge is 0.496 e. The van der Waals surface area contributed by atoms with Gasteiger partial charge in [0.2, 0.25) is 5.91 Å². The molecule has 6 heteroatoms. The lowest BCUT2D eigenvalue weighted by Gasteiger charge is -2.10. The molecule has 0 aliphatic rings. The van der Waals surface area contributed by atoms with E-state index in [2.05, 4.69) is 16.7 Å². The van der Waals surface area contributed by atoms with Gasteiger partial charge in [-0.2, -0.15) is 11.3 Å². The summed E-state index contributed by atoms with van der Waals surface area (Å²) in [7, 11) is 1.64. The zero-order valence-corrected chi connectivity index (χ0v) is 14.7. The van der Waals surface area contributed by atoms with Crippen LogP contribution in [0.4, 0.5) is 0 Å². The van der Waals surface area contributed by atoms with E-state index in [0.717, 1.165) is 16.9 Å². The molecule has 0 fully saturated rings. The lowest BCUT2D eigenvalue weighted by molar-refractivity contribution is -0.120. The molecule has 0 radical (unpaired) electrons. The zero-order chi connectivity index (χ0) is 17.4. The maximum Gasteiger partial charge on any atom is 0.252 e. The highest BCUT2D eigenvalue weighted by molar-refractivity contribution is 7.08. The van der Waals surface area contributed by atoms with Crippen molar-refractivity contribution in [3.63, 3.8) is 0 Å². The summed E-state index contributed by atoms with van der Waals surface area (Å²) in [6, 6.07) is 7.75. The van der Waals surface area contributed by atoms with Gasteiger partial charge in [-0.05, 0) is 36.4 Å². The summed E-state index contributed by atoms with van der Waals surface area (Å²) in [5, 5.41) is 9.23. The van der Waals surface area contributed by atoms with Gasteiger partial charge in [0, 0.05) is 30.5 Å². The van der Waals surface area contributed by atoms with E-state index in [4.69, 9.17) is 4.74 Å². The molecule has 1 aromatic heterocycles. The summed E-state index contributed by atoms with van der Waals surface area (Å²) in [6.45, 7) is 2.89. The van der Waals surface area contributed by atoms with Gasteiger partial charge in [0.25, 0.3) is 5.91 Å². The number of amides is 2. The van der Waals surface area contributed by atoms with Crippen molar-refractivity contribution in [1.29, 1.82) is 0 Å². The molecule has 0 unspecified atom stereocenters. The number of carbonyl (C=O) groups excluding carboxylic acids is 2. The third kappa shape index (κ3) is 5.38. The Hall–Kier alpha value is -2.34. The van der Waals surface area contributed by atoms with Crippen LogP contribution in [0.1, 0.15) is 27.9 Å². The minimum atomic E-state index is -0.145. The zero-order valence-electron chi connectivity index (χ0n) is 13.9. The highest BCUT2D eigenvalue weighted by Gasteiger charge is 2.07. The Morgan fingerprint density at radius 2 is 2.00 bits per heavy atom. The van der Waals surface area contributed by atoms with Gasteiger partial charge in [-0.15, -0.1) is 0 Å². The summed E-state index contributed by atoms with van der Waals surface area (Å²) < 4.78 is 5.33. The van der Waals surface area contributed by atoms with Crippen molar-refractivity contribution in [3.05, 3.63) is 51.7 Å². The summed E-state index contributed by atoms with van der Waals surface area (Å²) >= 11 is 1.47. The number of benzene rings is 1. The summed E-state index contributed by atoms with van der Waals surface area (Å²) in [5.41, 5.74) is 2.86. The number of carbonyl (C=O) groups is 2. The lowest BCUT2D eigenvalue weighted by Crippen LogP contribution is -2.31. The Kier molecular flexibility index (Phi) is 6.81. The van der Waals surface area contributed by atoms with E-state index < -0.39 is 0 Å². The summed E-state index contributed by atoms with van der Waals surface area (Å²) in [6.07, 6.45) is 0.971. The van der Waals surface area contributed by atoms with Crippen molar-refractivity contribution in [2.24, 2.45) is 0 Å². The van der Waals surface area contributed by atoms with Crippen LogP contribution in [0.2, 0.25) is 0 Å². The van der Waals surface area contributed by atoms with Crippen LogP contribution >= 0.6 is 11.3 Å². The molecule has 0 saturated carbocycles. The molecular weight excluding hydrogens is 324 g/mol. The first-order valence-corrected chi connectivity index (χ1v) is 8.75. The molecule has 1 aromatic carbocycles. The smallest absolute Gasteiger partial charge is 0.252 e. The number of rotatable bonds is 8. The molecule has 5 nitrogen and oxygen atoms in total. The maximum atomic E-state index is 11.8. The van der Waals surface area contributed by atoms with Crippen LogP contribution in [0, 0.1) is 6.92 Å². The van der Waals surface area contributed by atoms with Crippen molar-refractivity contribution in [1.82, 2.24) is 10.6 Å². The SMILES string of the molecule is COc1ccc(C)cc1CCNC(=O)CCNC(=O)c1ccsc1. The Labute approximate surface area is 146 Å². The minimum Gasteiger partial charge on any atom is -0.496 e. The van der Waals surface area contributed by atoms with Gasteiger partial charge < -0.3 is 15.4 Å². The molecule has 0 spiro atoms. The highest BCUT2D eigenvalue weighted by Crippen LogP contribution is 2.19. The van der Waals surface area contributed by atoms with E-state index in [1.807, 2.05) is 24.4 Å². The van der Waals surface area contributed by atoms with Crippen LogP contribution < -0.4 is 15.4 Å². The number of thiophene rings is 1. The first-order valence-electron chi connectivity index (χ1n) is 7.80. The average molecular weight is 346 g/mol. The summed E-state index contributed by atoms with van der Waals surface area (Å²) in [4.78, 5) is 23.6. The number of hydrogen-bond donors (Lipinski definition) is 2. The fourth-order valence-corrected chi connectivity index (χ4v) is 2.95. The standard InChI is InChI=1S/C18H22N2O3S/c1-13-3-4-16(23-2)14(11-13)5-8-19-17(21)6-9-20-18(22)15-7-10-24-12-15/h3-4,7,10-12H,5-6,8-9H2,1-2H3,(H,19,21)(H,20,22). The topological polar surface area (TPSA) is 67.4 Å². The van der Waals surface area contributed by atoms with Crippen molar-refractivity contribution < 1.29 is 14.3 Å². The van der Waals surface area contributed by atoms with E-state index in [1.54, 1.807) is 18.6 Å². The maximum absolute atomic E-state index is 11.8. The minimum absolute atomic E-state index is 0.0766. The second-order valence-corrected chi connectivity index (χ2v) is 6.21. The van der Waals surface area contributed by atoms with Crippen LogP contribution in [0.15, 0.2) is 35.0 Å². The molecule has 0 aliphatic heterocycles. The van der Waals surface area contributed by atoms with Crippen LogP contribution in [-0.4, -0.2) is 32.0 Å². The third-order valence-electron chi connectivity index (χ3n) is 3.57. The molecule has 2 amide bonds. The Bertz CT molecular complexity index is 684. The van der Waals surface area contributed by atoms with Crippen LogP contribution in [0.25, 0.3) is 0 Å². The van der Waals surface area contributed by atoms with Crippen molar-refractivity contribution in [3.8, 4) is 5.75 Å². The number of methoxy groups -OCH3 is 1. The predicted octanol–water partition coefficient (Wildman–Crippen LogP) is 2.54. The molecule has 0 atom stereocenters. The molecule has 128 valence electrons. The monoisotopic (exact) mass is 346 g/mol. The van der Waals surface area contributed by atoms with E-state index in [0.29, 0.717) is 25.1 Å². The molecule has 0 saturated heterocycles. The fourth-order valence-electron chi connectivity index (χ4n) is 2.31. The van der Waals surface area contributed by atoms with E-state index in [1.165, 1.54) is 11.3 Å². The number of hydrogen-bond acceptors (Lipinski definition) is 4. The number of ether oxygens (including phenoxy) is 1. The van der Waals surface area contributed by atoms with Crippen molar-refractivity contribution in [2.45, 2.75) is 19.8 Å². The van der Waals surface area contributed by atoms with Crippen LogP contribution in [-0.2, 0) is 11.2 Å². The Morgan fingerprint density at radius 3 is 2.71 bits per heavy atom.